The zero-order chi connectivity index (χ0) is 27.7. The maximum Gasteiger partial charge on any atom is 0.190 e. The molecule has 1 aromatic carbocycles. The van der Waals surface area contributed by atoms with Crippen molar-refractivity contribution in [2.24, 2.45) is 28.6 Å². The minimum atomic E-state index is -1.62. The number of ketones is 2. The summed E-state index contributed by atoms with van der Waals surface area (Å²) >= 11 is 0. The maximum atomic E-state index is 12.8. The molecular formula is C31H40N2O6. The van der Waals surface area contributed by atoms with Crippen molar-refractivity contribution in [1.82, 2.24) is 10.3 Å². The van der Waals surface area contributed by atoms with Crippen LogP contribution in [0, 0.1) is 28.6 Å². The van der Waals surface area contributed by atoms with Crippen LogP contribution in [0.4, 0.5) is 0 Å². The molecule has 1 heterocycles. The predicted molar refractivity (Wildman–Crippen MR) is 146 cm³/mol. The first-order valence-corrected chi connectivity index (χ1v) is 14.3. The molecule has 0 saturated heterocycles. The molecule has 1 unspecified atom stereocenters. The minimum Gasteiger partial charge on any atom is -0.508 e. The number of carbonyl (C=O) groups excluding carboxylic acids is 2. The second-order valence-electron chi connectivity index (χ2n) is 12.9. The molecule has 2 aromatic rings. The number of hydrogen-bond donors (Lipinski definition) is 6. The van der Waals surface area contributed by atoms with Gasteiger partial charge in [-0.1, -0.05) is 19.4 Å². The molecule has 8 atom stereocenters. The Balaban J connectivity index is 1.27. The first-order valence-electron chi connectivity index (χ1n) is 14.3. The second-order valence-corrected chi connectivity index (χ2v) is 12.9. The number of aliphatic hydroxyl groups is 3. The number of phenolic OH excluding ortho intramolecular Hbond substituents is 1. The molecule has 0 radical (unpaired) electrons. The molecule has 6 rings (SSSR count). The predicted octanol–water partition coefficient (Wildman–Crippen LogP) is 2.78. The van der Waals surface area contributed by atoms with Gasteiger partial charge in [-0.3, -0.25) is 9.59 Å². The smallest absolute Gasteiger partial charge is 0.190 e. The molecule has 3 saturated carbocycles. The zero-order valence-electron chi connectivity index (χ0n) is 22.7. The van der Waals surface area contributed by atoms with E-state index in [0.29, 0.717) is 32.2 Å². The molecule has 6 N–H and O–H groups in total. The first kappa shape index (κ1) is 26.7. The number of aliphatic hydroxyl groups excluding tert-OH is 2. The van der Waals surface area contributed by atoms with Gasteiger partial charge in [0.05, 0.1) is 6.10 Å². The van der Waals surface area contributed by atoms with E-state index in [1.165, 1.54) is 0 Å². The van der Waals surface area contributed by atoms with Crippen molar-refractivity contribution in [2.75, 3.05) is 13.2 Å². The number of benzene rings is 1. The summed E-state index contributed by atoms with van der Waals surface area (Å²) in [6, 6.07) is 5.14. The van der Waals surface area contributed by atoms with Gasteiger partial charge in [-0.05, 0) is 92.7 Å². The van der Waals surface area contributed by atoms with Crippen molar-refractivity contribution < 1.29 is 30.0 Å². The number of phenols is 1. The highest BCUT2D eigenvalue weighted by atomic mass is 16.3. The van der Waals surface area contributed by atoms with E-state index in [1.54, 1.807) is 18.2 Å². The molecule has 8 heteroatoms. The average Bonchev–Trinajstić information content (AvgIpc) is 3.41. The zero-order valence-corrected chi connectivity index (χ0v) is 22.7. The van der Waals surface area contributed by atoms with E-state index in [-0.39, 0.29) is 35.3 Å². The van der Waals surface area contributed by atoms with E-state index < -0.39 is 34.9 Å². The fraction of sp³-hybridized carbons (Fsp3) is 0.613. The number of aromatic hydroxyl groups is 1. The Hall–Kier alpha value is -2.52. The lowest BCUT2D eigenvalue weighted by Crippen LogP contribution is -2.65. The van der Waals surface area contributed by atoms with Crippen molar-refractivity contribution in [3.63, 3.8) is 0 Å². The number of fused-ring (bicyclic) bond motifs is 6. The van der Waals surface area contributed by atoms with E-state index in [0.717, 1.165) is 41.3 Å². The van der Waals surface area contributed by atoms with Crippen LogP contribution in [0.5, 0.6) is 5.75 Å². The van der Waals surface area contributed by atoms with Gasteiger partial charge >= 0.3 is 0 Å². The molecule has 4 aliphatic carbocycles. The van der Waals surface area contributed by atoms with Crippen molar-refractivity contribution >= 4 is 22.5 Å². The average molecular weight is 537 g/mol. The van der Waals surface area contributed by atoms with E-state index >= 15 is 0 Å². The summed E-state index contributed by atoms with van der Waals surface area (Å²) in [5.41, 5.74) is 0.301. The largest absolute Gasteiger partial charge is 0.508 e. The lowest BCUT2D eigenvalue weighted by molar-refractivity contribution is -0.184. The molecular weight excluding hydrogens is 496 g/mol. The summed E-state index contributed by atoms with van der Waals surface area (Å²) in [5.74, 6) is -0.152. The first-order chi connectivity index (χ1) is 18.5. The number of nitrogens with one attached hydrogen (secondary N) is 2. The van der Waals surface area contributed by atoms with E-state index in [9.17, 15) is 30.0 Å². The molecule has 0 amide bonds. The van der Waals surface area contributed by atoms with Crippen LogP contribution in [0.1, 0.15) is 57.9 Å². The van der Waals surface area contributed by atoms with Crippen LogP contribution < -0.4 is 5.32 Å². The van der Waals surface area contributed by atoms with Crippen molar-refractivity contribution in [1.29, 1.82) is 0 Å². The van der Waals surface area contributed by atoms with Crippen LogP contribution in [-0.2, 0) is 16.0 Å². The fourth-order valence-corrected chi connectivity index (χ4v) is 9.39. The highest BCUT2D eigenvalue weighted by Gasteiger charge is 2.69. The quantitative estimate of drug-likeness (QED) is 0.333. The Morgan fingerprint density at radius 1 is 1.23 bits per heavy atom. The topological polar surface area (TPSA) is 143 Å². The molecule has 3 fully saturated rings. The minimum absolute atomic E-state index is 0.0574. The number of carbonyl (C=O) groups is 2. The number of H-pyrrole nitrogens is 1. The van der Waals surface area contributed by atoms with Crippen LogP contribution in [0.3, 0.4) is 0 Å². The molecule has 0 bridgehead atoms. The SMILES string of the molecule is C[C@]12C[C@H](O)[C@H]3[C@@H](CCC4=CC(=O)CC(NCCc5c[nH]c6ccc(O)cc56)[C@@]43C)[C@@H]1CC[C@]2(O)C(=O)CO. The molecule has 8 nitrogen and oxygen atoms in total. The van der Waals surface area contributed by atoms with Gasteiger partial charge < -0.3 is 30.7 Å². The molecule has 210 valence electrons. The summed E-state index contributed by atoms with van der Waals surface area (Å²) < 4.78 is 0. The van der Waals surface area contributed by atoms with Crippen LogP contribution in [0.25, 0.3) is 10.9 Å². The van der Waals surface area contributed by atoms with Gasteiger partial charge in [0.1, 0.15) is 18.0 Å². The van der Waals surface area contributed by atoms with Gasteiger partial charge in [-0.25, -0.2) is 0 Å². The van der Waals surface area contributed by atoms with Crippen LogP contribution in [0.2, 0.25) is 0 Å². The van der Waals surface area contributed by atoms with Crippen LogP contribution >= 0.6 is 0 Å². The van der Waals surface area contributed by atoms with Gasteiger partial charge in [0.15, 0.2) is 11.6 Å². The molecule has 1 aromatic heterocycles. The number of aromatic amines is 1. The molecule has 0 aliphatic heterocycles. The van der Waals surface area contributed by atoms with Gasteiger partial charge in [0.2, 0.25) is 0 Å². The lowest BCUT2D eigenvalue weighted by atomic mass is 9.44. The Morgan fingerprint density at radius 3 is 2.79 bits per heavy atom. The summed E-state index contributed by atoms with van der Waals surface area (Å²) in [4.78, 5) is 28.8. The van der Waals surface area contributed by atoms with Gasteiger partial charge in [-0.2, -0.15) is 0 Å². The third-order valence-electron chi connectivity index (χ3n) is 11.3. The molecule has 0 spiro atoms. The molecule has 4 aliphatic rings. The van der Waals surface area contributed by atoms with Crippen LogP contribution in [-0.4, -0.2) is 67.9 Å². The third-order valence-corrected chi connectivity index (χ3v) is 11.3. The third kappa shape index (κ3) is 3.79. The number of Topliss-reactive ketones (excluding diaryl/α,β-unsaturated/α-hetero) is 1. The van der Waals surface area contributed by atoms with Crippen molar-refractivity contribution in [3.05, 3.63) is 41.6 Å². The summed E-state index contributed by atoms with van der Waals surface area (Å²) in [5, 5.41) is 47.5. The summed E-state index contributed by atoms with van der Waals surface area (Å²) in [6.45, 7) is 4.06. The van der Waals surface area contributed by atoms with E-state index in [2.05, 4.69) is 17.2 Å². The Morgan fingerprint density at radius 2 is 2.03 bits per heavy atom. The van der Waals surface area contributed by atoms with E-state index in [1.807, 2.05) is 19.2 Å². The van der Waals surface area contributed by atoms with Gasteiger partial charge in [0, 0.05) is 40.4 Å². The summed E-state index contributed by atoms with van der Waals surface area (Å²) in [7, 11) is 0. The standard InChI is InChI=1S/C31H40N2O6/c1-29-14-25(37)28-21(23(29)7-9-31(29,39)27(38)16-34)5-3-18-11-20(36)13-26(30(18,28)2)32-10-8-17-15-33-24-6-4-19(35)12-22(17)24/h4,6,11-12,15,21,23,25-26,28,32-35,37,39H,3,5,7-10,13-14,16H2,1-2H3/t21-,23-,25-,26?,28+,29-,30+,31-/m0/s1. The number of aromatic nitrogens is 1. The Bertz CT molecular complexity index is 1350. The summed E-state index contributed by atoms with van der Waals surface area (Å²) in [6.07, 6.45) is 6.96. The van der Waals surface area contributed by atoms with Crippen LogP contribution in [0.15, 0.2) is 36.0 Å². The molecule has 39 heavy (non-hydrogen) atoms. The Labute approximate surface area is 228 Å². The number of hydrogen-bond acceptors (Lipinski definition) is 7. The fourth-order valence-electron chi connectivity index (χ4n) is 9.39. The van der Waals surface area contributed by atoms with Crippen molar-refractivity contribution in [3.8, 4) is 5.75 Å². The number of rotatable bonds is 6. The highest BCUT2D eigenvalue weighted by molar-refractivity contribution is 5.92. The van der Waals surface area contributed by atoms with Crippen molar-refractivity contribution in [2.45, 2.75) is 76.5 Å². The van der Waals surface area contributed by atoms with Gasteiger partial charge in [0.25, 0.3) is 0 Å². The Kier molecular flexibility index (Phi) is 6.34. The lowest BCUT2D eigenvalue weighted by Gasteiger charge is -2.62. The van der Waals surface area contributed by atoms with Gasteiger partial charge in [-0.15, -0.1) is 0 Å². The monoisotopic (exact) mass is 536 g/mol. The second kappa shape index (κ2) is 9.26. The van der Waals surface area contributed by atoms with E-state index in [4.69, 9.17) is 0 Å². The maximum absolute atomic E-state index is 12.8. The normalized spacial score (nSPS) is 39.7. The highest BCUT2D eigenvalue weighted by Crippen LogP contribution is 2.67.